The molecule has 0 bridgehead atoms. The molecule has 1 N–H and O–H groups in total. The van der Waals surface area contributed by atoms with Crippen molar-refractivity contribution in [2.24, 2.45) is 10.8 Å². The molecule has 0 amide bonds. The van der Waals surface area contributed by atoms with Gasteiger partial charge in [0.15, 0.2) is 11.6 Å². The van der Waals surface area contributed by atoms with Crippen LogP contribution in [-0.4, -0.2) is 38.3 Å². The van der Waals surface area contributed by atoms with E-state index < -0.39 is 15.9 Å². The van der Waals surface area contributed by atoms with E-state index in [1.165, 1.54) is 0 Å². The van der Waals surface area contributed by atoms with Gasteiger partial charge in [0.1, 0.15) is 23.1 Å². The molecule has 0 saturated carbocycles. The minimum atomic E-state index is -3.50. The van der Waals surface area contributed by atoms with Gasteiger partial charge in [0, 0.05) is 48.0 Å². The first kappa shape index (κ1) is 27.1. The van der Waals surface area contributed by atoms with Crippen LogP contribution >= 0.6 is 0 Å². The lowest BCUT2D eigenvalue weighted by molar-refractivity contribution is -0.120. The Hall–Kier alpha value is -3.46. The van der Waals surface area contributed by atoms with Gasteiger partial charge in [0.05, 0.1) is 25.0 Å². The molecule has 5 rings (SSSR count). The fourth-order valence-electron chi connectivity index (χ4n) is 5.95. The zero-order valence-electron chi connectivity index (χ0n) is 23.2. The van der Waals surface area contributed by atoms with Gasteiger partial charge < -0.3 is 9.47 Å². The summed E-state index contributed by atoms with van der Waals surface area (Å²) in [5.74, 6) is 1.34. The quantitative estimate of drug-likeness (QED) is 0.521. The van der Waals surface area contributed by atoms with Crippen LogP contribution in [0.5, 0.6) is 5.75 Å². The summed E-state index contributed by atoms with van der Waals surface area (Å²) in [6.07, 6.45) is 2.98. The number of aromatic nitrogens is 1. The van der Waals surface area contributed by atoms with Crippen molar-refractivity contribution in [1.82, 2.24) is 4.98 Å². The molecule has 1 aromatic carbocycles. The molecule has 206 valence electrons. The lowest BCUT2D eigenvalue weighted by atomic mass is 9.65. The number of anilines is 1. The summed E-state index contributed by atoms with van der Waals surface area (Å²) in [6.45, 7) is 8.21. The molecule has 0 saturated heterocycles. The zero-order chi connectivity index (χ0) is 28.3. The lowest BCUT2D eigenvalue weighted by Gasteiger charge is -2.43. The van der Waals surface area contributed by atoms with Gasteiger partial charge in [-0.2, -0.15) is 0 Å². The number of carbonyl (C=O) groups excluding carboxylic acids is 2. The Labute approximate surface area is 229 Å². The van der Waals surface area contributed by atoms with Crippen LogP contribution in [0.15, 0.2) is 59.1 Å². The molecule has 0 unspecified atom stereocenters. The molecule has 39 heavy (non-hydrogen) atoms. The van der Waals surface area contributed by atoms with Crippen LogP contribution in [0.1, 0.15) is 64.9 Å². The zero-order valence-corrected chi connectivity index (χ0v) is 24.0. The fraction of sp³-hybridized carbons (Fsp3) is 0.433. The second kappa shape index (κ2) is 9.33. The Bertz CT molecular complexity index is 1510. The number of methoxy groups -OCH3 is 1. The molecule has 1 aromatic heterocycles. The first-order chi connectivity index (χ1) is 18.2. The van der Waals surface area contributed by atoms with E-state index in [0.29, 0.717) is 70.9 Å². The Morgan fingerprint density at radius 2 is 1.51 bits per heavy atom. The third kappa shape index (κ3) is 5.37. The second-order valence-corrected chi connectivity index (χ2v) is 14.1. The van der Waals surface area contributed by atoms with Crippen molar-refractivity contribution in [1.29, 1.82) is 0 Å². The Morgan fingerprint density at radius 3 is 2.05 bits per heavy atom. The molecule has 0 radical (unpaired) electrons. The monoisotopic (exact) mass is 550 g/mol. The average Bonchev–Trinajstić information content (AvgIpc) is 2.79. The maximum Gasteiger partial charge on any atom is 0.230 e. The van der Waals surface area contributed by atoms with Gasteiger partial charge in [-0.15, -0.1) is 0 Å². The first-order valence-corrected chi connectivity index (χ1v) is 14.9. The molecule has 0 spiro atoms. The molecule has 8 nitrogen and oxygen atoms in total. The van der Waals surface area contributed by atoms with E-state index in [9.17, 15) is 18.0 Å². The molecule has 1 aliphatic heterocycles. The number of rotatable bonds is 5. The third-order valence-corrected chi connectivity index (χ3v) is 8.04. The molecule has 0 atom stereocenters. The summed E-state index contributed by atoms with van der Waals surface area (Å²) < 4.78 is 38.1. The predicted octanol–water partition coefficient (Wildman–Crippen LogP) is 5.53. The highest BCUT2D eigenvalue weighted by Gasteiger charge is 2.48. The summed E-state index contributed by atoms with van der Waals surface area (Å²) in [5.41, 5.74) is 2.46. The molecule has 2 heterocycles. The minimum Gasteiger partial charge on any atom is -0.496 e. The number of sulfonamides is 1. The molecular formula is C30H34N2O6S. The molecule has 3 aliphatic rings. The summed E-state index contributed by atoms with van der Waals surface area (Å²) in [4.78, 5) is 31.8. The van der Waals surface area contributed by atoms with E-state index in [1.807, 2.05) is 12.1 Å². The van der Waals surface area contributed by atoms with Gasteiger partial charge >= 0.3 is 0 Å². The molecule has 0 fully saturated rings. The van der Waals surface area contributed by atoms with Crippen LogP contribution in [0, 0.1) is 10.8 Å². The SMILES string of the molecule is COc1ccc(-c2cccc(NS(C)(=O)=O)n2)cc1C1C2=C(CC(C)(C)CC2=O)OC2=C1C(=O)CC(C)(C)C2. The van der Waals surface area contributed by atoms with Crippen molar-refractivity contribution in [3.8, 4) is 17.0 Å². The number of ketones is 2. The number of carbonyl (C=O) groups is 2. The Kier molecular flexibility index (Phi) is 6.49. The lowest BCUT2D eigenvalue weighted by Crippen LogP contribution is -2.37. The molecular weight excluding hydrogens is 516 g/mol. The fourth-order valence-corrected chi connectivity index (χ4v) is 6.44. The van der Waals surface area contributed by atoms with E-state index in [4.69, 9.17) is 9.47 Å². The van der Waals surface area contributed by atoms with Crippen molar-refractivity contribution >= 4 is 27.4 Å². The van der Waals surface area contributed by atoms with Crippen molar-refractivity contribution in [2.45, 2.75) is 59.3 Å². The highest BCUT2D eigenvalue weighted by molar-refractivity contribution is 7.92. The third-order valence-electron chi connectivity index (χ3n) is 7.46. The number of nitrogens with one attached hydrogen (secondary N) is 1. The number of benzene rings is 1. The second-order valence-electron chi connectivity index (χ2n) is 12.3. The molecule has 2 aliphatic carbocycles. The van der Waals surface area contributed by atoms with Crippen molar-refractivity contribution in [2.75, 3.05) is 18.1 Å². The highest BCUT2D eigenvalue weighted by atomic mass is 32.2. The van der Waals surface area contributed by atoms with E-state index in [1.54, 1.807) is 31.4 Å². The smallest absolute Gasteiger partial charge is 0.230 e. The van der Waals surface area contributed by atoms with Gasteiger partial charge in [0.25, 0.3) is 0 Å². The molecule has 9 heteroatoms. The maximum atomic E-state index is 13.7. The predicted molar refractivity (Wildman–Crippen MR) is 149 cm³/mol. The number of Topliss-reactive ketones (excluding diaryl/α,β-unsaturated/α-hetero) is 2. The number of nitrogens with zero attached hydrogens (tertiary/aromatic N) is 1. The summed E-state index contributed by atoms with van der Waals surface area (Å²) >= 11 is 0. The van der Waals surface area contributed by atoms with Crippen LogP contribution in [0.25, 0.3) is 11.3 Å². The summed E-state index contributed by atoms with van der Waals surface area (Å²) in [7, 11) is -1.94. The number of ether oxygens (including phenoxy) is 2. The van der Waals surface area contributed by atoms with Crippen LogP contribution in [0.3, 0.4) is 0 Å². The average molecular weight is 551 g/mol. The van der Waals surface area contributed by atoms with Gasteiger partial charge in [-0.1, -0.05) is 33.8 Å². The number of hydrogen-bond acceptors (Lipinski definition) is 7. The largest absolute Gasteiger partial charge is 0.496 e. The van der Waals surface area contributed by atoms with E-state index >= 15 is 0 Å². The van der Waals surface area contributed by atoms with Crippen LogP contribution in [0.2, 0.25) is 0 Å². The first-order valence-electron chi connectivity index (χ1n) is 13.0. The summed E-state index contributed by atoms with van der Waals surface area (Å²) in [6, 6.07) is 10.6. The highest BCUT2D eigenvalue weighted by Crippen LogP contribution is 2.54. The van der Waals surface area contributed by atoms with E-state index in [-0.39, 0.29) is 28.2 Å². The van der Waals surface area contributed by atoms with E-state index in [2.05, 4.69) is 37.4 Å². The van der Waals surface area contributed by atoms with Crippen molar-refractivity contribution < 1.29 is 27.5 Å². The summed E-state index contributed by atoms with van der Waals surface area (Å²) in [5, 5.41) is 0. The van der Waals surface area contributed by atoms with Gasteiger partial charge in [-0.3, -0.25) is 14.3 Å². The van der Waals surface area contributed by atoms with Crippen molar-refractivity contribution in [3.05, 3.63) is 64.6 Å². The Morgan fingerprint density at radius 1 is 0.923 bits per heavy atom. The van der Waals surface area contributed by atoms with Gasteiger partial charge in [0.2, 0.25) is 10.0 Å². The maximum absolute atomic E-state index is 13.7. The normalized spacial score (nSPS) is 20.8. The Balaban J connectivity index is 1.70. The number of allylic oxidation sites excluding steroid dienone is 4. The van der Waals surface area contributed by atoms with E-state index in [0.717, 1.165) is 6.26 Å². The number of pyridine rings is 1. The topological polar surface area (TPSA) is 112 Å². The minimum absolute atomic E-state index is 0.0274. The van der Waals surface area contributed by atoms with Crippen LogP contribution in [0.4, 0.5) is 5.82 Å². The number of hydrogen-bond donors (Lipinski definition) is 1. The van der Waals surface area contributed by atoms with Crippen LogP contribution in [-0.2, 0) is 24.3 Å². The standard InChI is InChI=1S/C30H34N2O6S/c1-29(2)13-20(33)27-23(15-29)38-24-16-30(3,4)14-21(34)28(24)26(27)18-12-17(10-11-22(18)37-5)19-8-7-9-25(31-19)32-39(6,35)36/h7-12,26H,13-16H2,1-6H3,(H,31,32). The molecule has 2 aromatic rings. The van der Waals surface area contributed by atoms with Crippen LogP contribution < -0.4 is 9.46 Å². The van der Waals surface area contributed by atoms with Crippen molar-refractivity contribution in [3.63, 3.8) is 0 Å². The van der Waals surface area contributed by atoms with Gasteiger partial charge in [-0.25, -0.2) is 13.4 Å². The van der Waals surface area contributed by atoms with Gasteiger partial charge in [-0.05, 0) is 41.2 Å².